The zero-order valence-corrected chi connectivity index (χ0v) is 20.1. The minimum absolute atomic E-state index is 0.0588. The molecule has 0 aliphatic carbocycles. The van der Waals surface area contributed by atoms with Gasteiger partial charge in [0, 0.05) is 51.2 Å². The molecule has 10 nitrogen and oxygen atoms in total. The second-order valence-electron chi connectivity index (χ2n) is 8.55. The van der Waals surface area contributed by atoms with Crippen LogP contribution in [0, 0.1) is 0 Å². The number of fused-ring (bicyclic) bond motifs is 2. The molecule has 2 N–H and O–H groups in total. The van der Waals surface area contributed by atoms with Crippen LogP contribution in [0.1, 0.15) is 17.3 Å². The first kappa shape index (κ1) is 25.1. The number of nitrogens with zero attached hydrogens (tertiary/aromatic N) is 3. The monoisotopic (exact) mass is 495 g/mol. The molecule has 1 aromatic heterocycles. The number of aromatic nitrogens is 1. The SMILES string of the molecule is CC(=O)n1cc(CCN2CCN(c3cccc4c3OCCO4)CC2)c2ccccc21.O=C(O)C(=O)O. The normalized spacial score (nSPS) is 15.2. The molecule has 2 aliphatic heterocycles. The highest BCUT2D eigenvalue weighted by Gasteiger charge is 2.23. The number of benzene rings is 2. The van der Waals surface area contributed by atoms with Gasteiger partial charge in [-0.2, -0.15) is 0 Å². The smallest absolute Gasteiger partial charge is 0.414 e. The maximum Gasteiger partial charge on any atom is 0.414 e. The number of para-hydroxylation sites is 2. The lowest BCUT2D eigenvalue weighted by Gasteiger charge is -2.37. The molecule has 0 atom stereocenters. The van der Waals surface area contributed by atoms with Crippen molar-refractivity contribution in [2.24, 2.45) is 0 Å². The Hall–Kier alpha value is -4.05. The zero-order valence-electron chi connectivity index (χ0n) is 20.1. The first-order chi connectivity index (χ1) is 17.3. The molecule has 3 aromatic rings. The van der Waals surface area contributed by atoms with Crippen molar-refractivity contribution in [2.45, 2.75) is 13.3 Å². The third kappa shape index (κ3) is 5.60. The number of carboxylic acid groups (broad SMARTS) is 2. The lowest BCUT2D eigenvalue weighted by molar-refractivity contribution is -0.159. The minimum atomic E-state index is -1.82. The summed E-state index contributed by atoms with van der Waals surface area (Å²) in [6.45, 7) is 7.79. The molecule has 36 heavy (non-hydrogen) atoms. The van der Waals surface area contributed by atoms with Gasteiger partial charge < -0.3 is 24.6 Å². The molecule has 5 rings (SSSR count). The average molecular weight is 496 g/mol. The molecule has 1 saturated heterocycles. The topological polar surface area (TPSA) is 122 Å². The highest BCUT2D eigenvalue weighted by molar-refractivity contribution is 6.27. The summed E-state index contributed by atoms with van der Waals surface area (Å²) in [5.41, 5.74) is 3.38. The Labute approximate surface area is 208 Å². The summed E-state index contributed by atoms with van der Waals surface area (Å²) in [7, 11) is 0. The van der Waals surface area contributed by atoms with Gasteiger partial charge in [-0.3, -0.25) is 14.3 Å². The van der Waals surface area contributed by atoms with E-state index in [1.54, 1.807) is 11.5 Å². The zero-order chi connectivity index (χ0) is 25.7. The third-order valence-electron chi connectivity index (χ3n) is 6.27. The van der Waals surface area contributed by atoms with Crippen LogP contribution in [0.25, 0.3) is 10.9 Å². The molecule has 190 valence electrons. The van der Waals surface area contributed by atoms with Crippen LogP contribution in [0.4, 0.5) is 5.69 Å². The van der Waals surface area contributed by atoms with Gasteiger partial charge in [0.2, 0.25) is 5.91 Å². The number of hydrogen-bond donors (Lipinski definition) is 2. The van der Waals surface area contributed by atoms with Gasteiger partial charge in [-0.25, -0.2) is 9.59 Å². The number of carboxylic acids is 2. The Bertz CT molecular complexity index is 1250. The second-order valence-corrected chi connectivity index (χ2v) is 8.55. The number of anilines is 1. The molecule has 10 heteroatoms. The van der Waals surface area contributed by atoms with Crippen LogP contribution >= 0.6 is 0 Å². The predicted octanol–water partition coefficient (Wildman–Crippen LogP) is 2.59. The molecular weight excluding hydrogens is 466 g/mol. The molecule has 0 radical (unpaired) electrons. The summed E-state index contributed by atoms with van der Waals surface area (Å²) in [4.78, 5) is 35.1. The Morgan fingerprint density at radius 2 is 1.58 bits per heavy atom. The van der Waals surface area contributed by atoms with E-state index in [2.05, 4.69) is 21.9 Å². The van der Waals surface area contributed by atoms with Gasteiger partial charge >= 0.3 is 11.9 Å². The molecule has 0 amide bonds. The molecule has 0 bridgehead atoms. The summed E-state index contributed by atoms with van der Waals surface area (Å²) in [6, 6.07) is 14.3. The number of carbonyl (C=O) groups is 3. The van der Waals surface area contributed by atoms with E-state index in [0.29, 0.717) is 13.2 Å². The van der Waals surface area contributed by atoms with Gasteiger partial charge in [0.15, 0.2) is 11.5 Å². The number of ether oxygens (including phenoxy) is 2. The molecule has 2 aliphatic rings. The first-order valence-corrected chi connectivity index (χ1v) is 11.8. The van der Waals surface area contributed by atoms with Crippen molar-refractivity contribution in [3.63, 3.8) is 0 Å². The lowest BCUT2D eigenvalue weighted by Crippen LogP contribution is -2.47. The molecule has 2 aromatic carbocycles. The molecule has 0 spiro atoms. The van der Waals surface area contributed by atoms with Crippen LogP contribution in [-0.2, 0) is 16.0 Å². The lowest BCUT2D eigenvalue weighted by atomic mass is 10.1. The highest BCUT2D eigenvalue weighted by atomic mass is 16.6. The van der Waals surface area contributed by atoms with Gasteiger partial charge in [-0.1, -0.05) is 24.3 Å². The van der Waals surface area contributed by atoms with E-state index in [0.717, 1.165) is 61.8 Å². The quantitative estimate of drug-likeness (QED) is 0.526. The maximum absolute atomic E-state index is 12.0. The summed E-state index contributed by atoms with van der Waals surface area (Å²) in [5.74, 6) is -1.86. The molecule has 0 saturated carbocycles. The van der Waals surface area contributed by atoms with Crippen LogP contribution in [0.2, 0.25) is 0 Å². The first-order valence-electron chi connectivity index (χ1n) is 11.8. The Kier molecular flexibility index (Phi) is 7.74. The molecule has 3 heterocycles. The van der Waals surface area contributed by atoms with Crippen LogP contribution in [0.5, 0.6) is 11.5 Å². The molecular formula is C26H29N3O7. The molecule has 0 unspecified atom stereocenters. The number of carbonyl (C=O) groups excluding carboxylic acids is 1. The Morgan fingerprint density at radius 3 is 2.28 bits per heavy atom. The van der Waals surface area contributed by atoms with Gasteiger partial charge in [-0.05, 0) is 30.2 Å². The fourth-order valence-electron chi connectivity index (χ4n) is 4.51. The van der Waals surface area contributed by atoms with Crippen molar-refractivity contribution >= 4 is 34.4 Å². The van der Waals surface area contributed by atoms with Crippen LogP contribution in [0.3, 0.4) is 0 Å². The van der Waals surface area contributed by atoms with E-state index in [-0.39, 0.29) is 5.91 Å². The van der Waals surface area contributed by atoms with Crippen molar-refractivity contribution in [1.82, 2.24) is 9.47 Å². The van der Waals surface area contributed by atoms with E-state index in [9.17, 15) is 4.79 Å². The Morgan fingerprint density at radius 1 is 0.889 bits per heavy atom. The Balaban J connectivity index is 0.000000455. The number of aliphatic carboxylic acids is 2. The van der Waals surface area contributed by atoms with E-state index in [4.69, 9.17) is 29.3 Å². The summed E-state index contributed by atoms with van der Waals surface area (Å²) >= 11 is 0. The second kappa shape index (κ2) is 11.1. The third-order valence-corrected chi connectivity index (χ3v) is 6.27. The summed E-state index contributed by atoms with van der Waals surface area (Å²) in [5, 5.41) is 16.0. The van der Waals surface area contributed by atoms with Gasteiger partial charge in [-0.15, -0.1) is 0 Å². The van der Waals surface area contributed by atoms with Gasteiger partial charge in [0.25, 0.3) is 0 Å². The maximum atomic E-state index is 12.0. The van der Waals surface area contributed by atoms with Crippen LogP contribution in [-0.4, -0.2) is 83.5 Å². The van der Waals surface area contributed by atoms with Gasteiger partial charge in [0.05, 0.1) is 11.2 Å². The minimum Gasteiger partial charge on any atom is -0.486 e. The average Bonchev–Trinajstić information content (AvgIpc) is 3.27. The standard InChI is InChI=1S/C24H27N3O3.C2H2O4/c1-18(28)27-17-19(20-5-2-3-6-21(20)27)9-10-25-11-13-26(14-12-25)22-7-4-8-23-24(22)30-16-15-29-23;3-1(4)2(5)6/h2-8,17H,9-16H2,1H3;(H,3,4)(H,5,6). The van der Waals surface area contributed by atoms with E-state index in [1.807, 2.05) is 36.5 Å². The van der Waals surface area contributed by atoms with Gasteiger partial charge in [0.1, 0.15) is 13.2 Å². The van der Waals surface area contributed by atoms with Crippen LogP contribution < -0.4 is 14.4 Å². The van der Waals surface area contributed by atoms with Crippen molar-refractivity contribution < 1.29 is 34.1 Å². The fourth-order valence-corrected chi connectivity index (χ4v) is 4.51. The van der Waals surface area contributed by atoms with Crippen molar-refractivity contribution in [3.05, 3.63) is 54.2 Å². The predicted molar refractivity (Wildman–Crippen MR) is 133 cm³/mol. The largest absolute Gasteiger partial charge is 0.486 e. The van der Waals surface area contributed by atoms with Crippen molar-refractivity contribution in [3.8, 4) is 11.5 Å². The summed E-state index contributed by atoms with van der Waals surface area (Å²) < 4.78 is 13.4. The van der Waals surface area contributed by atoms with Crippen molar-refractivity contribution in [2.75, 3.05) is 50.8 Å². The highest BCUT2D eigenvalue weighted by Crippen LogP contribution is 2.39. The van der Waals surface area contributed by atoms with Crippen molar-refractivity contribution in [1.29, 1.82) is 0 Å². The van der Waals surface area contributed by atoms with Crippen LogP contribution in [0.15, 0.2) is 48.7 Å². The van der Waals surface area contributed by atoms with E-state index < -0.39 is 11.9 Å². The number of piperazine rings is 1. The number of hydrogen-bond acceptors (Lipinski definition) is 7. The van der Waals surface area contributed by atoms with E-state index in [1.165, 1.54) is 10.9 Å². The fraction of sp³-hybridized carbons (Fsp3) is 0.346. The van der Waals surface area contributed by atoms with E-state index >= 15 is 0 Å². The summed E-state index contributed by atoms with van der Waals surface area (Å²) in [6.07, 6.45) is 2.95. The number of rotatable bonds is 4. The molecule has 1 fully saturated rings.